The first kappa shape index (κ1) is 15.2. The molecule has 110 valence electrons. The van der Waals surface area contributed by atoms with Gasteiger partial charge in [0.05, 0.1) is 9.82 Å². The van der Waals surface area contributed by atoms with Gasteiger partial charge in [-0.15, -0.1) is 11.6 Å². The first-order valence-corrected chi connectivity index (χ1v) is 8.23. The Kier molecular flexibility index (Phi) is 4.62. The second-order valence-electron chi connectivity index (χ2n) is 4.78. The molecule has 1 aromatic carbocycles. The topological polar surface area (TPSA) is 89.3 Å². The summed E-state index contributed by atoms with van der Waals surface area (Å²) in [6.45, 7) is 0. The maximum atomic E-state index is 12.2. The molecule has 1 aliphatic carbocycles. The molecular weight excluding hydrogens is 304 g/mol. The van der Waals surface area contributed by atoms with Gasteiger partial charge in [-0.25, -0.2) is 13.1 Å². The second-order valence-corrected chi connectivity index (χ2v) is 7.05. The lowest BCUT2D eigenvalue weighted by Gasteiger charge is -2.27. The molecule has 0 bridgehead atoms. The molecule has 0 unspecified atom stereocenters. The van der Waals surface area contributed by atoms with Gasteiger partial charge in [0, 0.05) is 23.6 Å². The Morgan fingerprint density at radius 3 is 2.35 bits per heavy atom. The zero-order chi connectivity index (χ0) is 14.8. The van der Waals surface area contributed by atoms with Gasteiger partial charge in [-0.1, -0.05) is 12.8 Å². The number of non-ortho nitro benzene ring substituents is 1. The number of nitro groups is 1. The number of benzene rings is 1. The highest BCUT2D eigenvalue weighted by molar-refractivity contribution is 7.89. The molecule has 0 saturated heterocycles. The van der Waals surface area contributed by atoms with Crippen LogP contribution in [0.4, 0.5) is 5.69 Å². The van der Waals surface area contributed by atoms with Gasteiger partial charge in [0.2, 0.25) is 10.0 Å². The zero-order valence-corrected chi connectivity index (χ0v) is 12.2. The van der Waals surface area contributed by atoms with Crippen LogP contribution in [-0.4, -0.2) is 24.8 Å². The van der Waals surface area contributed by atoms with Crippen molar-refractivity contribution >= 4 is 27.3 Å². The van der Waals surface area contributed by atoms with Gasteiger partial charge >= 0.3 is 0 Å². The number of nitro benzene ring substituents is 1. The third-order valence-electron chi connectivity index (χ3n) is 3.35. The van der Waals surface area contributed by atoms with E-state index < -0.39 is 14.9 Å². The number of hydrogen-bond acceptors (Lipinski definition) is 4. The maximum Gasteiger partial charge on any atom is 0.269 e. The van der Waals surface area contributed by atoms with E-state index in [2.05, 4.69) is 4.72 Å². The van der Waals surface area contributed by atoms with Crippen LogP contribution in [-0.2, 0) is 10.0 Å². The fraction of sp³-hybridized carbons (Fsp3) is 0.500. The van der Waals surface area contributed by atoms with Crippen LogP contribution in [0.5, 0.6) is 0 Å². The van der Waals surface area contributed by atoms with Crippen molar-refractivity contribution in [3.63, 3.8) is 0 Å². The quantitative estimate of drug-likeness (QED) is 0.524. The minimum absolute atomic E-state index is 0.0116. The van der Waals surface area contributed by atoms with Crippen molar-refractivity contribution in [2.45, 2.75) is 42.0 Å². The predicted molar refractivity (Wildman–Crippen MR) is 75.3 cm³/mol. The van der Waals surface area contributed by atoms with E-state index in [4.69, 9.17) is 11.6 Å². The Labute approximate surface area is 122 Å². The molecule has 8 heteroatoms. The van der Waals surface area contributed by atoms with E-state index in [1.807, 2.05) is 0 Å². The predicted octanol–water partition coefficient (Wildman–Crippen LogP) is 2.42. The van der Waals surface area contributed by atoms with Crippen LogP contribution in [0.1, 0.15) is 25.7 Å². The summed E-state index contributed by atoms with van der Waals surface area (Å²) in [5.41, 5.74) is -0.142. The van der Waals surface area contributed by atoms with Gasteiger partial charge < -0.3 is 0 Å². The first-order valence-electron chi connectivity index (χ1n) is 6.31. The molecule has 0 heterocycles. The Morgan fingerprint density at radius 1 is 1.20 bits per heavy atom. The van der Waals surface area contributed by atoms with E-state index in [0.717, 1.165) is 19.3 Å². The van der Waals surface area contributed by atoms with Crippen molar-refractivity contribution in [3.8, 4) is 0 Å². The van der Waals surface area contributed by atoms with Crippen LogP contribution in [0.15, 0.2) is 29.2 Å². The monoisotopic (exact) mass is 318 g/mol. The summed E-state index contributed by atoms with van der Waals surface area (Å²) in [5, 5.41) is 10.3. The molecule has 1 fully saturated rings. The van der Waals surface area contributed by atoms with Crippen molar-refractivity contribution in [3.05, 3.63) is 34.4 Å². The van der Waals surface area contributed by atoms with Crippen LogP contribution < -0.4 is 4.72 Å². The van der Waals surface area contributed by atoms with E-state index in [0.29, 0.717) is 6.42 Å². The molecule has 0 aromatic heterocycles. The lowest BCUT2D eigenvalue weighted by atomic mass is 9.96. The fourth-order valence-corrected chi connectivity index (χ4v) is 3.96. The van der Waals surface area contributed by atoms with Crippen molar-refractivity contribution in [2.24, 2.45) is 0 Å². The molecule has 2 rings (SSSR count). The average Bonchev–Trinajstić information content (AvgIpc) is 2.41. The molecule has 1 N–H and O–H groups in total. The highest BCUT2D eigenvalue weighted by Crippen LogP contribution is 2.25. The number of hydrogen-bond donors (Lipinski definition) is 1. The van der Waals surface area contributed by atoms with Crippen LogP contribution in [0.2, 0.25) is 0 Å². The maximum absolute atomic E-state index is 12.2. The number of nitrogens with one attached hydrogen (secondary N) is 1. The van der Waals surface area contributed by atoms with Crippen molar-refractivity contribution in [2.75, 3.05) is 0 Å². The molecule has 20 heavy (non-hydrogen) atoms. The van der Waals surface area contributed by atoms with Gasteiger partial charge in [0.25, 0.3) is 5.69 Å². The van der Waals surface area contributed by atoms with E-state index in [1.165, 1.54) is 24.3 Å². The first-order chi connectivity index (χ1) is 9.40. The second kappa shape index (κ2) is 6.07. The number of alkyl halides is 1. The molecule has 0 aliphatic heterocycles. The van der Waals surface area contributed by atoms with Crippen LogP contribution in [0.3, 0.4) is 0 Å². The number of halogens is 1. The van der Waals surface area contributed by atoms with Gasteiger partial charge in [-0.3, -0.25) is 10.1 Å². The third kappa shape index (κ3) is 3.47. The molecule has 1 saturated carbocycles. The normalized spacial score (nSPS) is 23.4. The Hall–Kier alpha value is -1.18. The fourth-order valence-electron chi connectivity index (χ4n) is 2.23. The summed E-state index contributed by atoms with van der Waals surface area (Å²) in [7, 11) is -3.69. The summed E-state index contributed by atoms with van der Waals surface area (Å²) in [5.74, 6) is 0. The van der Waals surface area contributed by atoms with Crippen molar-refractivity contribution in [1.82, 2.24) is 4.72 Å². The zero-order valence-electron chi connectivity index (χ0n) is 10.7. The van der Waals surface area contributed by atoms with Crippen molar-refractivity contribution < 1.29 is 13.3 Å². The SMILES string of the molecule is O=[N+]([O-])c1ccc(S(=O)(=O)N[C@H]2CCCC[C@H]2Cl)cc1. The average molecular weight is 319 g/mol. The third-order valence-corrected chi connectivity index (χ3v) is 5.37. The van der Waals surface area contributed by atoms with E-state index in [1.54, 1.807) is 0 Å². The summed E-state index contributed by atoms with van der Waals surface area (Å²) in [4.78, 5) is 9.99. The number of sulfonamides is 1. The smallest absolute Gasteiger partial charge is 0.258 e. The van der Waals surface area contributed by atoms with Crippen LogP contribution in [0, 0.1) is 10.1 Å². The van der Waals surface area contributed by atoms with E-state index >= 15 is 0 Å². The van der Waals surface area contributed by atoms with Gasteiger partial charge in [0.15, 0.2) is 0 Å². The molecule has 1 aromatic rings. The molecule has 0 amide bonds. The van der Waals surface area contributed by atoms with E-state index in [9.17, 15) is 18.5 Å². The largest absolute Gasteiger partial charge is 0.269 e. The van der Waals surface area contributed by atoms with E-state index in [-0.39, 0.29) is 22.0 Å². The molecule has 2 atom stereocenters. The Balaban J connectivity index is 2.15. The molecular formula is C12H15ClN2O4S. The lowest BCUT2D eigenvalue weighted by molar-refractivity contribution is -0.384. The summed E-state index contributed by atoms with van der Waals surface area (Å²) in [6, 6.07) is 4.52. The van der Waals surface area contributed by atoms with Crippen LogP contribution >= 0.6 is 11.6 Å². The molecule has 6 nitrogen and oxygen atoms in total. The summed E-state index contributed by atoms with van der Waals surface area (Å²) in [6.07, 6.45) is 3.44. The van der Waals surface area contributed by atoms with Gasteiger partial charge in [-0.05, 0) is 25.0 Å². The minimum atomic E-state index is -3.69. The van der Waals surface area contributed by atoms with Crippen molar-refractivity contribution in [1.29, 1.82) is 0 Å². The van der Waals surface area contributed by atoms with Gasteiger partial charge in [-0.2, -0.15) is 0 Å². The summed E-state index contributed by atoms with van der Waals surface area (Å²) < 4.78 is 27.0. The minimum Gasteiger partial charge on any atom is -0.258 e. The van der Waals surface area contributed by atoms with Gasteiger partial charge in [0.1, 0.15) is 0 Å². The standard InChI is InChI=1S/C12H15ClN2O4S/c13-11-3-1-2-4-12(11)14-20(18,19)10-7-5-9(6-8-10)15(16)17/h5-8,11-12,14H,1-4H2/t11-,12+/m1/s1. The highest BCUT2D eigenvalue weighted by atomic mass is 35.5. The lowest BCUT2D eigenvalue weighted by Crippen LogP contribution is -2.42. The number of nitrogens with zero attached hydrogens (tertiary/aromatic N) is 1. The Morgan fingerprint density at radius 2 is 1.80 bits per heavy atom. The summed E-state index contributed by atoms with van der Waals surface area (Å²) >= 11 is 6.13. The highest BCUT2D eigenvalue weighted by Gasteiger charge is 2.28. The molecule has 0 radical (unpaired) electrons. The molecule has 0 spiro atoms. The van der Waals surface area contributed by atoms with Crippen LogP contribution in [0.25, 0.3) is 0 Å². The Bertz CT molecular complexity index is 588. The number of rotatable bonds is 4. The molecule has 1 aliphatic rings.